The molecule has 1 rings (SSSR count). The Hall–Kier alpha value is -1.06. The molecule has 0 aromatic rings. The minimum absolute atomic E-state index is 0. The molecule has 0 aromatic heterocycles. The normalized spacial score (nSPS) is 15.7. The van der Waals surface area contributed by atoms with E-state index in [4.69, 9.17) is 0 Å². The quantitative estimate of drug-likeness (QED) is 0.179. The largest absolute Gasteiger partial charge is 0.357 e. The van der Waals surface area contributed by atoms with Crippen LogP contribution < -0.4 is 10.6 Å². The molecule has 8 heteroatoms. The van der Waals surface area contributed by atoms with Gasteiger partial charge in [0.15, 0.2) is 5.96 Å². The number of carbonyl (C=O) groups excluding carboxylic acids is 2. The number of carbonyl (C=O) groups is 2. The van der Waals surface area contributed by atoms with Crippen LogP contribution in [-0.4, -0.2) is 72.9 Å². The molecular weight excluding hydrogens is 505 g/mol. The van der Waals surface area contributed by atoms with Gasteiger partial charge >= 0.3 is 0 Å². The SMILES string of the molecule is CCNC(=NCCCCCC(=O)N1CCN(C(=O)CC(C)C)CC1)NC(C)C(C)C.I. The first-order valence-corrected chi connectivity index (χ1v) is 11.8. The van der Waals surface area contributed by atoms with E-state index in [1.165, 1.54) is 0 Å². The minimum Gasteiger partial charge on any atom is -0.357 e. The van der Waals surface area contributed by atoms with Crippen LogP contribution in [0.3, 0.4) is 0 Å². The molecule has 31 heavy (non-hydrogen) atoms. The second-order valence-corrected chi connectivity index (χ2v) is 9.11. The Morgan fingerprint density at radius 3 is 2.00 bits per heavy atom. The maximum absolute atomic E-state index is 12.4. The molecule has 2 amide bonds. The molecule has 1 aliphatic rings. The van der Waals surface area contributed by atoms with Gasteiger partial charge < -0.3 is 20.4 Å². The van der Waals surface area contributed by atoms with Gasteiger partial charge in [0.05, 0.1) is 0 Å². The smallest absolute Gasteiger partial charge is 0.222 e. The van der Waals surface area contributed by atoms with E-state index in [0.717, 1.165) is 38.3 Å². The van der Waals surface area contributed by atoms with E-state index in [9.17, 15) is 9.59 Å². The number of unbranched alkanes of at least 4 members (excludes halogenated alkanes) is 2. The summed E-state index contributed by atoms with van der Waals surface area (Å²) in [5.41, 5.74) is 0. The molecular formula is C23H46IN5O2. The Kier molecular flexibility index (Phi) is 16.0. The standard InChI is InChI=1S/C23H45N5O2.HI/c1-7-24-23(26-20(6)19(4)5)25-12-10-8-9-11-21(29)27-13-15-28(16-14-27)22(30)17-18(2)3;/h18-20H,7-17H2,1-6H3,(H2,24,25,26);1H. The fourth-order valence-corrected chi connectivity index (χ4v) is 3.30. The fraction of sp³-hybridized carbons (Fsp3) is 0.870. The lowest BCUT2D eigenvalue weighted by molar-refractivity contribution is -0.140. The van der Waals surface area contributed by atoms with E-state index < -0.39 is 0 Å². The zero-order chi connectivity index (χ0) is 22.5. The van der Waals surface area contributed by atoms with Crippen molar-refractivity contribution in [1.82, 2.24) is 20.4 Å². The number of hydrogen-bond acceptors (Lipinski definition) is 3. The van der Waals surface area contributed by atoms with Crippen LogP contribution in [0.1, 0.15) is 73.6 Å². The van der Waals surface area contributed by atoms with Crippen LogP contribution in [0.15, 0.2) is 4.99 Å². The van der Waals surface area contributed by atoms with Crippen molar-refractivity contribution in [2.75, 3.05) is 39.3 Å². The number of aliphatic imine (C=N–C) groups is 1. The molecule has 1 aliphatic heterocycles. The number of piperazine rings is 1. The molecule has 1 unspecified atom stereocenters. The van der Waals surface area contributed by atoms with Gasteiger partial charge in [0, 0.05) is 58.2 Å². The first kappa shape index (κ1) is 29.9. The number of rotatable bonds is 11. The summed E-state index contributed by atoms with van der Waals surface area (Å²) in [7, 11) is 0. The van der Waals surface area contributed by atoms with E-state index >= 15 is 0 Å². The third kappa shape index (κ3) is 12.5. The van der Waals surface area contributed by atoms with Crippen LogP contribution in [0, 0.1) is 11.8 Å². The van der Waals surface area contributed by atoms with Crippen molar-refractivity contribution in [3.8, 4) is 0 Å². The van der Waals surface area contributed by atoms with Crippen molar-refractivity contribution >= 4 is 41.8 Å². The third-order valence-electron chi connectivity index (χ3n) is 5.60. The highest BCUT2D eigenvalue weighted by atomic mass is 127. The van der Waals surface area contributed by atoms with Gasteiger partial charge in [0.25, 0.3) is 0 Å². The van der Waals surface area contributed by atoms with Crippen molar-refractivity contribution in [2.45, 2.75) is 79.7 Å². The first-order valence-electron chi connectivity index (χ1n) is 11.8. The molecule has 0 saturated carbocycles. The summed E-state index contributed by atoms with van der Waals surface area (Å²) in [6.45, 7) is 17.0. The van der Waals surface area contributed by atoms with Crippen molar-refractivity contribution < 1.29 is 9.59 Å². The average Bonchev–Trinajstić information content (AvgIpc) is 2.69. The van der Waals surface area contributed by atoms with Crippen LogP contribution in [0.2, 0.25) is 0 Å². The molecule has 7 nitrogen and oxygen atoms in total. The monoisotopic (exact) mass is 551 g/mol. The van der Waals surface area contributed by atoms with Crippen LogP contribution in [0.4, 0.5) is 0 Å². The third-order valence-corrected chi connectivity index (χ3v) is 5.60. The molecule has 1 saturated heterocycles. The van der Waals surface area contributed by atoms with Gasteiger partial charge in [0.2, 0.25) is 11.8 Å². The maximum atomic E-state index is 12.4. The number of halogens is 1. The molecule has 1 fully saturated rings. The summed E-state index contributed by atoms with van der Waals surface area (Å²) >= 11 is 0. The number of amides is 2. The van der Waals surface area contributed by atoms with Crippen molar-refractivity contribution in [3.05, 3.63) is 0 Å². The van der Waals surface area contributed by atoms with Crippen LogP contribution >= 0.6 is 24.0 Å². The molecule has 1 atom stereocenters. The Bertz CT molecular complexity index is 546. The summed E-state index contributed by atoms with van der Waals surface area (Å²) in [5.74, 6) is 2.24. The fourth-order valence-electron chi connectivity index (χ4n) is 3.30. The molecule has 0 aromatic carbocycles. The summed E-state index contributed by atoms with van der Waals surface area (Å²) in [6, 6.07) is 0.376. The van der Waals surface area contributed by atoms with E-state index in [1.807, 2.05) is 9.80 Å². The van der Waals surface area contributed by atoms with Gasteiger partial charge in [-0.2, -0.15) is 0 Å². The van der Waals surface area contributed by atoms with E-state index in [1.54, 1.807) is 0 Å². The van der Waals surface area contributed by atoms with Crippen molar-refractivity contribution in [3.63, 3.8) is 0 Å². The van der Waals surface area contributed by atoms with Gasteiger partial charge in [-0.15, -0.1) is 24.0 Å². The van der Waals surface area contributed by atoms with Gasteiger partial charge in [-0.3, -0.25) is 14.6 Å². The second-order valence-electron chi connectivity index (χ2n) is 9.11. The predicted molar refractivity (Wildman–Crippen MR) is 140 cm³/mol. The molecule has 2 N–H and O–H groups in total. The van der Waals surface area contributed by atoms with Crippen molar-refractivity contribution in [1.29, 1.82) is 0 Å². The van der Waals surface area contributed by atoms with Gasteiger partial charge in [-0.25, -0.2) is 0 Å². The molecule has 0 aliphatic carbocycles. The van der Waals surface area contributed by atoms with Gasteiger partial charge in [0.1, 0.15) is 0 Å². The Balaban J connectivity index is 0.00000900. The lowest BCUT2D eigenvalue weighted by atomic mass is 10.1. The topological polar surface area (TPSA) is 77.0 Å². The van der Waals surface area contributed by atoms with Crippen molar-refractivity contribution in [2.24, 2.45) is 16.8 Å². The number of nitrogens with zero attached hydrogens (tertiary/aromatic N) is 3. The van der Waals surface area contributed by atoms with Crippen LogP contribution in [-0.2, 0) is 9.59 Å². The average molecular weight is 552 g/mol. The zero-order valence-electron chi connectivity index (χ0n) is 20.6. The minimum atomic E-state index is 0. The first-order chi connectivity index (χ1) is 14.2. The Morgan fingerprint density at radius 2 is 1.48 bits per heavy atom. The second kappa shape index (κ2) is 16.6. The summed E-state index contributed by atoms with van der Waals surface area (Å²) in [4.78, 5) is 33.0. The highest BCUT2D eigenvalue weighted by Gasteiger charge is 2.23. The molecule has 1 heterocycles. The van der Waals surface area contributed by atoms with E-state index in [2.05, 4.69) is 57.2 Å². The van der Waals surface area contributed by atoms with Gasteiger partial charge in [-0.1, -0.05) is 34.1 Å². The number of guanidine groups is 1. The molecule has 182 valence electrons. The van der Waals surface area contributed by atoms with Crippen LogP contribution in [0.5, 0.6) is 0 Å². The highest BCUT2D eigenvalue weighted by molar-refractivity contribution is 14.0. The van der Waals surface area contributed by atoms with Gasteiger partial charge in [-0.05, 0) is 38.5 Å². The lowest BCUT2D eigenvalue weighted by Crippen LogP contribution is -2.50. The molecule has 0 bridgehead atoms. The maximum Gasteiger partial charge on any atom is 0.222 e. The Labute approximate surface area is 207 Å². The number of hydrogen-bond donors (Lipinski definition) is 2. The summed E-state index contributed by atoms with van der Waals surface area (Å²) in [6.07, 6.45) is 4.07. The van der Waals surface area contributed by atoms with E-state index in [-0.39, 0.29) is 35.8 Å². The Morgan fingerprint density at radius 1 is 0.903 bits per heavy atom. The summed E-state index contributed by atoms with van der Waals surface area (Å²) < 4.78 is 0. The zero-order valence-corrected chi connectivity index (χ0v) is 22.9. The van der Waals surface area contributed by atoms with E-state index in [0.29, 0.717) is 56.9 Å². The molecule has 0 spiro atoms. The summed E-state index contributed by atoms with van der Waals surface area (Å²) in [5, 5.41) is 6.73. The number of nitrogens with one attached hydrogen (secondary N) is 2. The van der Waals surface area contributed by atoms with Crippen LogP contribution in [0.25, 0.3) is 0 Å². The lowest BCUT2D eigenvalue weighted by Gasteiger charge is -2.35. The highest BCUT2D eigenvalue weighted by Crippen LogP contribution is 2.11. The predicted octanol–water partition coefficient (Wildman–Crippen LogP) is 3.48. The molecule has 0 radical (unpaired) electrons.